The maximum absolute atomic E-state index is 12.4. The number of rotatable bonds is 5. The molecule has 6 heteroatoms. The number of nitrogens with zero attached hydrogens (tertiary/aromatic N) is 2. The van der Waals surface area contributed by atoms with Crippen LogP contribution in [0, 0.1) is 11.3 Å². The fourth-order valence-corrected chi connectivity index (χ4v) is 2.31. The number of carboxylic acid groups (broad SMARTS) is 1. The Morgan fingerprint density at radius 2 is 1.95 bits per heavy atom. The van der Waals surface area contributed by atoms with E-state index in [1.165, 1.54) is 4.90 Å². The van der Waals surface area contributed by atoms with Gasteiger partial charge in [0, 0.05) is 6.54 Å². The van der Waals surface area contributed by atoms with Crippen molar-refractivity contribution >= 4 is 11.9 Å². The average Bonchev–Trinajstić information content (AvgIpc) is 2.97. The third-order valence-corrected chi connectivity index (χ3v) is 3.36. The molecule has 0 aromatic heterocycles. The molecule has 0 radical (unpaired) electrons. The van der Waals surface area contributed by atoms with Gasteiger partial charge in [-0.2, -0.15) is 5.26 Å². The van der Waals surface area contributed by atoms with Crippen molar-refractivity contribution in [1.29, 1.82) is 5.26 Å². The Kier molecular flexibility index (Phi) is 4.90. The Bertz CT molecular complexity index is 553. The molecule has 0 unspecified atom stereocenters. The molecule has 1 heterocycles. The first-order valence-electron chi connectivity index (χ1n) is 6.69. The predicted octanol–water partition coefficient (Wildman–Crippen LogP) is 1.17. The van der Waals surface area contributed by atoms with Gasteiger partial charge < -0.3 is 14.7 Å². The molecule has 0 spiro atoms. The first-order chi connectivity index (χ1) is 10.1. The zero-order valence-electron chi connectivity index (χ0n) is 11.4. The molecule has 0 saturated carbocycles. The van der Waals surface area contributed by atoms with Crippen LogP contribution in [0.2, 0.25) is 0 Å². The zero-order valence-corrected chi connectivity index (χ0v) is 11.4. The highest BCUT2D eigenvalue weighted by Gasteiger charge is 2.36. The van der Waals surface area contributed by atoms with Gasteiger partial charge in [0.2, 0.25) is 0 Å². The van der Waals surface area contributed by atoms with E-state index < -0.39 is 18.2 Å². The first kappa shape index (κ1) is 15.0. The number of hydrogen-bond acceptors (Lipinski definition) is 4. The average molecular weight is 288 g/mol. The van der Waals surface area contributed by atoms with E-state index in [4.69, 9.17) is 15.1 Å². The van der Waals surface area contributed by atoms with Crippen LogP contribution < -0.4 is 0 Å². The summed E-state index contributed by atoms with van der Waals surface area (Å²) in [6, 6.07) is 11.3. The van der Waals surface area contributed by atoms with E-state index in [1.807, 2.05) is 36.4 Å². The Hall–Kier alpha value is -2.39. The normalized spacial score (nSPS) is 20.7. The van der Waals surface area contributed by atoms with Gasteiger partial charge in [-0.3, -0.25) is 4.79 Å². The summed E-state index contributed by atoms with van der Waals surface area (Å²) in [5, 5.41) is 17.8. The topological polar surface area (TPSA) is 90.6 Å². The number of carbonyl (C=O) groups excluding carboxylic acids is 1. The van der Waals surface area contributed by atoms with E-state index in [0.717, 1.165) is 5.56 Å². The summed E-state index contributed by atoms with van der Waals surface area (Å²) in [6.07, 6.45) is -1.02. The van der Waals surface area contributed by atoms with Gasteiger partial charge in [0.1, 0.15) is 12.6 Å². The molecule has 1 aromatic rings. The van der Waals surface area contributed by atoms with Gasteiger partial charge in [0.15, 0.2) is 6.10 Å². The van der Waals surface area contributed by atoms with Crippen molar-refractivity contribution in [3.05, 3.63) is 35.9 Å². The molecule has 0 aliphatic carbocycles. The smallest absolute Gasteiger partial charge is 0.332 e. The second kappa shape index (κ2) is 6.86. The molecule has 2 rings (SSSR count). The van der Waals surface area contributed by atoms with Crippen LogP contribution in [0.5, 0.6) is 0 Å². The first-order valence-corrected chi connectivity index (χ1v) is 6.69. The van der Waals surface area contributed by atoms with Crippen molar-refractivity contribution in [2.24, 2.45) is 0 Å². The lowest BCUT2D eigenvalue weighted by Crippen LogP contribution is -2.39. The van der Waals surface area contributed by atoms with Crippen LogP contribution in [0.1, 0.15) is 18.4 Å². The Morgan fingerprint density at radius 1 is 1.29 bits per heavy atom. The number of ether oxygens (including phenoxy) is 1. The van der Waals surface area contributed by atoms with E-state index >= 15 is 0 Å². The van der Waals surface area contributed by atoms with Crippen LogP contribution in [0.15, 0.2) is 30.3 Å². The van der Waals surface area contributed by atoms with Crippen molar-refractivity contribution in [3.63, 3.8) is 0 Å². The van der Waals surface area contributed by atoms with E-state index in [-0.39, 0.29) is 12.5 Å². The molecule has 1 aliphatic rings. The number of benzene rings is 1. The monoisotopic (exact) mass is 288 g/mol. The fraction of sp³-hybridized carbons (Fsp3) is 0.400. The molecule has 110 valence electrons. The highest BCUT2D eigenvalue weighted by Crippen LogP contribution is 2.22. The highest BCUT2D eigenvalue weighted by atomic mass is 16.5. The number of amides is 1. The van der Waals surface area contributed by atoms with Crippen molar-refractivity contribution in [2.75, 3.05) is 6.54 Å². The lowest BCUT2D eigenvalue weighted by Gasteiger charge is -2.23. The Morgan fingerprint density at radius 3 is 2.52 bits per heavy atom. The van der Waals surface area contributed by atoms with Crippen molar-refractivity contribution in [1.82, 2.24) is 4.90 Å². The Balaban J connectivity index is 2.03. The number of nitriles is 1. The van der Waals surface area contributed by atoms with Gasteiger partial charge in [-0.25, -0.2) is 4.79 Å². The second-order valence-corrected chi connectivity index (χ2v) is 4.87. The van der Waals surface area contributed by atoms with Crippen molar-refractivity contribution in [2.45, 2.75) is 31.6 Å². The fourth-order valence-electron chi connectivity index (χ4n) is 2.31. The molecule has 1 amide bonds. The quantitative estimate of drug-likeness (QED) is 0.821. The van der Waals surface area contributed by atoms with Crippen LogP contribution in [-0.4, -0.2) is 40.6 Å². The summed E-state index contributed by atoms with van der Waals surface area (Å²) in [6.45, 7) is 0.260. The van der Waals surface area contributed by atoms with Crippen LogP contribution in [0.4, 0.5) is 0 Å². The van der Waals surface area contributed by atoms with Crippen LogP contribution >= 0.6 is 0 Å². The van der Waals surface area contributed by atoms with Crippen LogP contribution in [0.25, 0.3) is 0 Å². The van der Waals surface area contributed by atoms with Crippen LogP contribution in [0.3, 0.4) is 0 Å². The summed E-state index contributed by atoms with van der Waals surface area (Å²) in [7, 11) is 0. The molecule has 0 bridgehead atoms. The molecule has 6 nitrogen and oxygen atoms in total. The molecule has 21 heavy (non-hydrogen) atoms. The second-order valence-electron chi connectivity index (χ2n) is 4.87. The predicted molar refractivity (Wildman–Crippen MR) is 73.0 cm³/mol. The Labute approximate surface area is 122 Å². The molecule has 1 fully saturated rings. The molecule has 1 aromatic carbocycles. The van der Waals surface area contributed by atoms with E-state index in [0.29, 0.717) is 19.4 Å². The van der Waals surface area contributed by atoms with Gasteiger partial charge in [-0.05, 0) is 18.4 Å². The summed E-state index contributed by atoms with van der Waals surface area (Å²) >= 11 is 0. The lowest BCUT2D eigenvalue weighted by atomic mass is 10.1. The third kappa shape index (κ3) is 3.80. The zero-order chi connectivity index (χ0) is 15.2. The van der Waals surface area contributed by atoms with Crippen molar-refractivity contribution in [3.8, 4) is 6.07 Å². The van der Waals surface area contributed by atoms with Gasteiger partial charge in [0.25, 0.3) is 5.91 Å². The molecular formula is C15H16N2O4. The number of aliphatic carboxylic acids is 1. The number of carboxylic acids is 1. The third-order valence-electron chi connectivity index (χ3n) is 3.36. The van der Waals surface area contributed by atoms with Gasteiger partial charge in [-0.1, -0.05) is 30.3 Å². The van der Waals surface area contributed by atoms with Crippen molar-refractivity contribution < 1.29 is 19.4 Å². The SMILES string of the molecule is N#CCN(Cc1ccccc1)C(=O)[C@@H]1CC[C@H](C(=O)O)O1. The summed E-state index contributed by atoms with van der Waals surface area (Å²) in [4.78, 5) is 24.6. The molecule has 1 saturated heterocycles. The molecule has 2 atom stereocenters. The summed E-state index contributed by atoms with van der Waals surface area (Å²) in [5.41, 5.74) is 0.911. The molecular weight excluding hydrogens is 272 g/mol. The maximum Gasteiger partial charge on any atom is 0.332 e. The maximum atomic E-state index is 12.4. The van der Waals surface area contributed by atoms with Gasteiger partial charge in [-0.15, -0.1) is 0 Å². The minimum atomic E-state index is -1.06. The molecule has 1 N–H and O–H groups in total. The minimum Gasteiger partial charge on any atom is -0.479 e. The molecule has 1 aliphatic heterocycles. The van der Waals surface area contributed by atoms with Gasteiger partial charge >= 0.3 is 5.97 Å². The van der Waals surface area contributed by atoms with E-state index in [2.05, 4.69) is 0 Å². The summed E-state index contributed by atoms with van der Waals surface area (Å²) < 4.78 is 5.25. The highest BCUT2D eigenvalue weighted by molar-refractivity contribution is 5.83. The number of hydrogen-bond donors (Lipinski definition) is 1. The minimum absolute atomic E-state index is 0.0503. The van der Waals surface area contributed by atoms with E-state index in [1.54, 1.807) is 0 Å². The van der Waals surface area contributed by atoms with Crippen LogP contribution in [-0.2, 0) is 20.9 Å². The lowest BCUT2D eigenvalue weighted by molar-refractivity contribution is -0.154. The van der Waals surface area contributed by atoms with Gasteiger partial charge in [0.05, 0.1) is 6.07 Å². The summed E-state index contributed by atoms with van der Waals surface area (Å²) in [5.74, 6) is -1.38. The number of carbonyl (C=O) groups is 2. The standard InChI is InChI=1S/C15H16N2O4/c16-8-9-17(10-11-4-2-1-3-5-11)14(18)12-6-7-13(21-12)15(19)20/h1-5,12-13H,6-7,9-10H2,(H,19,20)/t12-,13+/m0/s1. The van der Waals surface area contributed by atoms with E-state index in [9.17, 15) is 9.59 Å². The largest absolute Gasteiger partial charge is 0.479 e.